The standard InChI is InChI=1S/C13H18BrNO2/c1-13(2,8-12(16)17)9-5-6-10(14)11(7-9)15(3)4/h5-7H,8H2,1-4H3,(H,16,17). The lowest BCUT2D eigenvalue weighted by atomic mass is 9.81. The van der Waals surface area contributed by atoms with Crippen LogP contribution in [0.3, 0.4) is 0 Å². The predicted molar refractivity (Wildman–Crippen MR) is 73.7 cm³/mol. The molecule has 0 fully saturated rings. The fourth-order valence-electron chi connectivity index (χ4n) is 1.76. The quantitative estimate of drug-likeness (QED) is 0.928. The van der Waals surface area contributed by atoms with E-state index in [4.69, 9.17) is 5.11 Å². The molecule has 0 radical (unpaired) electrons. The van der Waals surface area contributed by atoms with Crippen LogP contribution in [0.2, 0.25) is 0 Å². The first-order valence-corrected chi connectivity index (χ1v) is 6.22. The van der Waals surface area contributed by atoms with E-state index in [-0.39, 0.29) is 11.8 Å². The van der Waals surface area contributed by atoms with E-state index in [2.05, 4.69) is 15.9 Å². The van der Waals surface area contributed by atoms with Crippen molar-refractivity contribution in [3.8, 4) is 0 Å². The van der Waals surface area contributed by atoms with E-state index in [1.54, 1.807) is 0 Å². The highest BCUT2D eigenvalue weighted by Crippen LogP contribution is 2.33. The summed E-state index contributed by atoms with van der Waals surface area (Å²) in [5.41, 5.74) is 1.73. The number of aliphatic carboxylic acids is 1. The molecule has 0 unspecified atom stereocenters. The van der Waals surface area contributed by atoms with Gasteiger partial charge in [-0.05, 0) is 33.6 Å². The second-order valence-electron chi connectivity index (χ2n) is 5.02. The smallest absolute Gasteiger partial charge is 0.304 e. The van der Waals surface area contributed by atoms with E-state index in [9.17, 15) is 4.79 Å². The Bertz CT molecular complexity index is 427. The number of carboxylic acid groups (broad SMARTS) is 1. The van der Waals surface area contributed by atoms with Gasteiger partial charge >= 0.3 is 5.97 Å². The third-order valence-corrected chi connectivity index (χ3v) is 3.47. The summed E-state index contributed by atoms with van der Waals surface area (Å²) in [5.74, 6) is -0.774. The predicted octanol–water partition coefficient (Wildman–Crippen LogP) is 3.27. The third kappa shape index (κ3) is 3.46. The molecule has 0 atom stereocenters. The molecule has 0 heterocycles. The lowest BCUT2D eigenvalue weighted by Gasteiger charge is -2.25. The monoisotopic (exact) mass is 299 g/mol. The van der Waals surface area contributed by atoms with Crippen LogP contribution < -0.4 is 4.90 Å². The minimum absolute atomic E-state index is 0.126. The molecule has 4 heteroatoms. The maximum Gasteiger partial charge on any atom is 0.304 e. The summed E-state index contributed by atoms with van der Waals surface area (Å²) in [6, 6.07) is 5.97. The van der Waals surface area contributed by atoms with Crippen LogP contribution >= 0.6 is 15.9 Å². The topological polar surface area (TPSA) is 40.5 Å². The Morgan fingerprint density at radius 2 is 2.00 bits per heavy atom. The highest BCUT2D eigenvalue weighted by Gasteiger charge is 2.24. The Balaban J connectivity index is 3.15. The molecule has 1 aromatic carbocycles. The van der Waals surface area contributed by atoms with Gasteiger partial charge < -0.3 is 10.0 Å². The van der Waals surface area contributed by atoms with Crippen LogP contribution in [-0.4, -0.2) is 25.2 Å². The van der Waals surface area contributed by atoms with Crippen LogP contribution in [0.15, 0.2) is 22.7 Å². The minimum atomic E-state index is -0.774. The van der Waals surface area contributed by atoms with E-state index in [0.29, 0.717) is 0 Å². The van der Waals surface area contributed by atoms with Gasteiger partial charge in [-0.25, -0.2) is 0 Å². The Morgan fingerprint density at radius 3 is 2.47 bits per heavy atom. The van der Waals surface area contributed by atoms with Crippen molar-refractivity contribution < 1.29 is 9.90 Å². The maximum absolute atomic E-state index is 10.9. The van der Waals surface area contributed by atoms with E-state index in [0.717, 1.165) is 15.7 Å². The molecule has 1 rings (SSSR count). The van der Waals surface area contributed by atoms with Crippen LogP contribution in [0.25, 0.3) is 0 Å². The van der Waals surface area contributed by atoms with Gasteiger partial charge in [-0.3, -0.25) is 4.79 Å². The number of nitrogens with zero attached hydrogens (tertiary/aromatic N) is 1. The zero-order chi connectivity index (χ0) is 13.2. The summed E-state index contributed by atoms with van der Waals surface area (Å²) in [4.78, 5) is 12.9. The molecular formula is C13H18BrNO2. The fraction of sp³-hybridized carbons (Fsp3) is 0.462. The van der Waals surface area contributed by atoms with E-state index >= 15 is 0 Å². The van der Waals surface area contributed by atoms with Crippen LogP contribution in [-0.2, 0) is 10.2 Å². The fourth-order valence-corrected chi connectivity index (χ4v) is 2.36. The molecule has 0 aliphatic rings. The summed E-state index contributed by atoms with van der Waals surface area (Å²) in [6.07, 6.45) is 0.126. The highest BCUT2D eigenvalue weighted by molar-refractivity contribution is 9.10. The summed E-state index contributed by atoms with van der Waals surface area (Å²) in [7, 11) is 3.93. The van der Waals surface area contributed by atoms with Gasteiger partial charge in [0.2, 0.25) is 0 Å². The number of hydrogen-bond acceptors (Lipinski definition) is 2. The number of carbonyl (C=O) groups is 1. The van der Waals surface area contributed by atoms with E-state index < -0.39 is 5.97 Å². The van der Waals surface area contributed by atoms with Gasteiger partial charge in [-0.2, -0.15) is 0 Å². The summed E-state index contributed by atoms with van der Waals surface area (Å²) >= 11 is 3.49. The average Bonchev–Trinajstić information content (AvgIpc) is 2.15. The Hall–Kier alpha value is -1.03. The van der Waals surface area contributed by atoms with Gasteiger partial charge in [-0.15, -0.1) is 0 Å². The second kappa shape index (κ2) is 5.08. The first-order chi connectivity index (χ1) is 7.74. The number of hydrogen-bond donors (Lipinski definition) is 1. The molecule has 3 nitrogen and oxygen atoms in total. The molecule has 94 valence electrons. The maximum atomic E-state index is 10.9. The third-order valence-electron chi connectivity index (χ3n) is 2.80. The SMILES string of the molecule is CN(C)c1cc(C(C)(C)CC(=O)O)ccc1Br. The summed E-state index contributed by atoms with van der Waals surface area (Å²) < 4.78 is 1.01. The van der Waals surface area contributed by atoms with Gasteiger partial charge in [0.15, 0.2) is 0 Å². The molecule has 0 saturated carbocycles. The van der Waals surface area contributed by atoms with Gasteiger partial charge in [0.1, 0.15) is 0 Å². The zero-order valence-electron chi connectivity index (χ0n) is 10.6. The first kappa shape index (κ1) is 14.0. The molecule has 0 aliphatic heterocycles. The molecule has 1 aromatic rings. The van der Waals surface area contributed by atoms with E-state index in [1.165, 1.54) is 0 Å². The molecule has 0 aromatic heterocycles. The highest BCUT2D eigenvalue weighted by atomic mass is 79.9. The van der Waals surface area contributed by atoms with Crippen molar-refractivity contribution in [3.63, 3.8) is 0 Å². The summed E-state index contributed by atoms with van der Waals surface area (Å²) in [5, 5.41) is 8.92. The molecule has 0 amide bonds. The van der Waals surface area contributed by atoms with Gasteiger partial charge in [0.25, 0.3) is 0 Å². The minimum Gasteiger partial charge on any atom is -0.481 e. The number of carboxylic acids is 1. The molecule has 0 spiro atoms. The Labute approximate surface area is 111 Å². The van der Waals surface area contributed by atoms with E-state index in [1.807, 2.05) is 51.0 Å². The van der Waals surface area contributed by atoms with Crippen molar-refractivity contribution >= 4 is 27.6 Å². The van der Waals surface area contributed by atoms with Crippen LogP contribution in [0, 0.1) is 0 Å². The molecular weight excluding hydrogens is 282 g/mol. The largest absolute Gasteiger partial charge is 0.481 e. The van der Waals surface area contributed by atoms with Gasteiger partial charge in [0.05, 0.1) is 12.1 Å². The van der Waals surface area contributed by atoms with Crippen molar-refractivity contribution in [2.75, 3.05) is 19.0 Å². The summed E-state index contributed by atoms with van der Waals surface area (Å²) in [6.45, 7) is 3.90. The second-order valence-corrected chi connectivity index (χ2v) is 5.87. The molecule has 17 heavy (non-hydrogen) atoms. The Morgan fingerprint density at radius 1 is 1.41 bits per heavy atom. The number of benzene rings is 1. The number of rotatable bonds is 4. The lowest BCUT2D eigenvalue weighted by molar-refractivity contribution is -0.138. The van der Waals surface area contributed by atoms with Crippen LogP contribution in [0.5, 0.6) is 0 Å². The van der Waals surface area contributed by atoms with Crippen molar-refractivity contribution in [2.24, 2.45) is 0 Å². The van der Waals surface area contributed by atoms with Crippen LogP contribution in [0.4, 0.5) is 5.69 Å². The van der Waals surface area contributed by atoms with Crippen LogP contribution in [0.1, 0.15) is 25.8 Å². The lowest BCUT2D eigenvalue weighted by Crippen LogP contribution is -2.22. The molecule has 1 N–H and O–H groups in total. The van der Waals surface area contributed by atoms with Crippen molar-refractivity contribution in [3.05, 3.63) is 28.2 Å². The number of halogens is 1. The van der Waals surface area contributed by atoms with Crippen molar-refractivity contribution in [1.29, 1.82) is 0 Å². The molecule has 0 saturated heterocycles. The Kier molecular flexibility index (Phi) is 4.20. The van der Waals surface area contributed by atoms with Gasteiger partial charge in [0, 0.05) is 24.0 Å². The van der Waals surface area contributed by atoms with Gasteiger partial charge in [-0.1, -0.05) is 19.9 Å². The first-order valence-electron chi connectivity index (χ1n) is 5.43. The normalized spacial score (nSPS) is 11.4. The average molecular weight is 300 g/mol. The molecule has 0 bridgehead atoms. The number of anilines is 1. The molecule has 0 aliphatic carbocycles. The van der Waals surface area contributed by atoms with Crippen molar-refractivity contribution in [1.82, 2.24) is 0 Å². The zero-order valence-corrected chi connectivity index (χ0v) is 12.2. The van der Waals surface area contributed by atoms with Crippen molar-refractivity contribution in [2.45, 2.75) is 25.7 Å².